The summed E-state index contributed by atoms with van der Waals surface area (Å²) in [4.78, 5) is 11.7. The summed E-state index contributed by atoms with van der Waals surface area (Å²) in [5.74, 6) is -1.71. The number of hydrogen-bond acceptors (Lipinski definition) is 1. The molecular weight excluding hydrogens is 350 g/mol. The Morgan fingerprint density at radius 1 is 1.30 bits per heavy atom. The molecule has 0 aliphatic rings. The second kappa shape index (κ2) is 5.62. The highest BCUT2D eigenvalue weighted by atomic mass is 79.9. The van der Waals surface area contributed by atoms with Crippen LogP contribution in [0.1, 0.15) is 22.8 Å². The summed E-state index contributed by atoms with van der Waals surface area (Å²) in [5, 5.41) is -0.109. The van der Waals surface area contributed by atoms with Crippen LogP contribution in [0.15, 0.2) is 28.7 Å². The van der Waals surface area contributed by atoms with Crippen LogP contribution < -0.4 is 0 Å². The minimum absolute atomic E-state index is 0.109. The van der Waals surface area contributed by atoms with Crippen molar-refractivity contribution in [2.75, 3.05) is 0 Å². The lowest BCUT2D eigenvalue weighted by Gasteiger charge is -2.15. The normalized spacial score (nSPS) is 10.7. The molecule has 2 aromatic carbocycles. The first-order chi connectivity index (χ1) is 9.34. The van der Waals surface area contributed by atoms with Gasteiger partial charge in [-0.15, -0.1) is 0 Å². The molecule has 2 aromatic rings. The van der Waals surface area contributed by atoms with E-state index in [1.165, 1.54) is 25.1 Å². The molecule has 0 bridgehead atoms. The molecule has 0 saturated heterocycles. The number of ketones is 1. The van der Waals surface area contributed by atoms with Crippen LogP contribution >= 0.6 is 27.5 Å². The zero-order valence-corrected chi connectivity index (χ0v) is 13.1. The molecular formula is C15H10BrClF2O. The Morgan fingerprint density at radius 2 is 1.95 bits per heavy atom. The van der Waals surface area contributed by atoms with Crippen molar-refractivity contribution in [3.05, 3.63) is 56.5 Å². The molecule has 0 N–H and O–H groups in total. The van der Waals surface area contributed by atoms with Gasteiger partial charge in [-0.3, -0.25) is 4.79 Å². The first-order valence-corrected chi connectivity index (χ1v) is 6.95. The lowest BCUT2D eigenvalue weighted by atomic mass is 9.94. The minimum atomic E-state index is -0.779. The number of rotatable bonds is 2. The number of benzene rings is 2. The molecule has 0 spiro atoms. The molecule has 0 aliphatic heterocycles. The van der Waals surface area contributed by atoms with Crippen LogP contribution in [0.2, 0.25) is 5.02 Å². The average Bonchev–Trinajstić information content (AvgIpc) is 2.39. The first kappa shape index (κ1) is 15.1. The SMILES string of the molecule is CC(=O)c1c(F)c(Cl)c(C)c(Br)c1-c1cccc(F)c1. The van der Waals surface area contributed by atoms with Crippen LogP contribution in [0.5, 0.6) is 0 Å². The minimum Gasteiger partial charge on any atom is -0.294 e. The van der Waals surface area contributed by atoms with E-state index in [1.54, 1.807) is 13.0 Å². The van der Waals surface area contributed by atoms with Crippen molar-refractivity contribution in [2.45, 2.75) is 13.8 Å². The molecule has 0 saturated carbocycles. The molecule has 0 atom stereocenters. The van der Waals surface area contributed by atoms with Gasteiger partial charge in [0.25, 0.3) is 0 Å². The molecule has 0 fully saturated rings. The third kappa shape index (κ3) is 2.50. The maximum Gasteiger partial charge on any atom is 0.163 e. The van der Waals surface area contributed by atoms with Crippen molar-refractivity contribution >= 4 is 33.3 Å². The number of carbonyl (C=O) groups excluding carboxylic acids is 1. The van der Waals surface area contributed by atoms with Gasteiger partial charge < -0.3 is 0 Å². The van der Waals surface area contributed by atoms with E-state index in [0.717, 1.165) is 0 Å². The van der Waals surface area contributed by atoms with E-state index in [4.69, 9.17) is 11.6 Å². The lowest BCUT2D eigenvalue weighted by molar-refractivity contribution is 0.101. The maximum atomic E-state index is 14.3. The summed E-state index contributed by atoms with van der Waals surface area (Å²) in [7, 11) is 0. The molecule has 20 heavy (non-hydrogen) atoms. The van der Waals surface area contributed by atoms with Gasteiger partial charge >= 0.3 is 0 Å². The monoisotopic (exact) mass is 358 g/mol. The smallest absolute Gasteiger partial charge is 0.163 e. The predicted octanol–water partition coefficient (Wildman–Crippen LogP) is 5.56. The van der Waals surface area contributed by atoms with Gasteiger partial charge in [-0.25, -0.2) is 8.78 Å². The van der Waals surface area contributed by atoms with Crippen LogP contribution in [0.4, 0.5) is 8.78 Å². The molecule has 104 valence electrons. The van der Waals surface area contributed by atoms with Crippen LogP contribution in [0.25, 0.3) is 11.1 Å². The fourth-order valence-electron chi connectivity index (χ4n) is 2.02. The van der Waals surface area contributed by atoms with Crippen molar-refractivity contribution in [2.24, 2.45) is 0 Å². The number of carbonyl (C=O) groups is 1. The third-order valence-electron chi connectivity index (χ3n) is 3.01. The van der Waals surface area contributed by atoms with Crippen LogP contribution in [-0.2, 0) is 0 Å². The van der Waals surface area contributed by atoms with Crippen molar-refractivity contribution in [3.63, 3.8) is 0 Å². The summed E-state index contributed by atoms with van der Waals surface area (Å²) in [5.41, 5.74) is 1.06. The first-order valence-electron chi connectivity index (χ1n) is 5.78. The van der Waals surface area contributed by atoms with Gasteiger partial charge in [0.2, 0.25) is 0 Å². The summed E-state index contributed by atoms with van der Waals surface area (Å²) >= 11 is 9.21. The predicted molar refractivity (Wildman–Crippen MR) is 79.2 cm³/mol. The van der Waals surface area contributed by atoms with Gasteiger partial charge in [0.05, 0.1) is 10.6 Å². The topological polar surface area (TPSA) is 17.1 Å². The molecule has 0 aliphatic carbocycles. The van der Waals surface area contributed by atoms with Crippen molar-refractivity contribution < 1.29 is 13.6 Å². The fourth-order valence-corrected chi connectivity index (χ4v) is 2.95. The average molecular weight is 360 g/mol. The Labute approximate surface area is 128 Å². The molecule has 2 rings (SSSR count). The summed E-state index contributed by atoms with van der Waals surface area (Å²) in [6.45, 7) is 2.88. The Kier molecular flexibility index (Phi) is 4.25. The Balaban J connectivity index is 2.91. The Hall–Kier alpha value is -1.26. The van der Waals surface area contributed by atoms with Crippen molar-refractivity contribution in [1.29, 1.82) is 0 Å². The van der Waals surface area contributed by atoms with Gasteiger partial charge in [-0.1, -0.05) is 23.7 Å². The standard InChI is InChI=1S/C15H10BrClF2O/c1-7-13(16)12(9-4-3-5-10(18)6-9)11(8(2)20)15(19)14(7)17/h3-6H,1-2H3. The Morgan fingerprint density at radius 3 is 2.50 bits per heavy atom. The molecule has 1 nitrogen and oxygen atoms in total. The number of halogens is 4. The molecule has 0 unspecified atom stereocenters. The molecule has 5 heteroatoms. The summed E-state index contributed by atoms with van der Waals surface area (Å²) in [6, 6.07) is 5.65. The van der Waals surface area contributed by atoms with E-state index in [1.807, 2.05) is 0 Å². The summed E-state index contributed by atoms with van der Waals surface area (Å²) in [6.07, 6.45) is 0. The van der Waals surface area contributed by atoms with E-state index >= 15 is 0 Å². The molecule has 0 amide bonds. The maximum absolute atomic E-state index is 14.3. The quantitative estimate of drug-likeness (QED) is 0.507. The Bertz CT molecular complexity index is 714. The highest BCUT2D eigenvalue weighted by Gasteiger charge is 2.23. The summed E-state index contributed by atoms with van der Waals surface area (Å²) < 4.78 is 28.1. The van der Waals surface area contributed by atoms with E-state index in [0.29, 0.717) is 21.2 Å². The van der Waals surface area contributed by atoms with Crippen molar-refractivity contribution in [3.8, 4) is 11.1 Å². The van der Waals surface area contributed by atoms with E-state index in [2.05, 4.69) is 15.9 Å². The fraction of sp³-hybridized carbons (Fsp3) is 0.133. The lowest BCUT2D eigenvalue weighted by Crippen LogP contribution is -2.04. The number of Topliss-reactive ketones (excluding diaryl/α,β-unsaturated/α-hetero) is 1. The highest BCUT2D eigenvalue weighted by Crippen LogP contribution is 2.40. The van der Waals surface area contributed by atoms with Crippen LogP contribution in [-0.4, -0.2) is 5.78 Å². The highest BCUT2D eigenvalue weighted by molar-refractivity contribution is 9.10. The largest absolute Gasteiger partial charge is 0.294 e. The van der Waals surface area contributed by atoms with Gasteiger partial charge in [0, 0.05) is 10.0 Å². The van der Waals surface area contributed by atoms with Gasteiger partial charge in [0.15, 0.2) is 11.6 Å². The van der Waals surface area contributed by atoms with E-state index in [9.17, 15) is 13.6 Å². The second-order valence-electron chi connectivity index (χ2n) is 4.38. The third-order valence-corrected chi connectivity index (χ3v) is 4.45. The van der Waals surface area contributed by atoms with E-state index in [-0.39, 0.29) is 10.6 Å². The molecule has 0 aromatic heterocycles. The van der Waals surface area contributed by atoms with Gasteiger partial charge in [0.1, 0.15) is 5.82 Å². The van der Waals surface area contributed by atoms with Crippen LogP contribution in [0, 0.1) is 18.6 Å². The van der Waals surface area contributed by atoms with Gasteiger partial charge in [-0.05, 0) is 53.0 Å². The van der Waals surface area contributed by atoms with Crippen LogP contribution in [0.3, 0.4) is 0 Å². The second-order valence-corrected chi connectivity index (χ2v) is 5.55. The van der Waals surface area contributed by atoms with Gasteiger partial charge in [-0.2, -0.15) is 0 Å². The molecule has 0 heterocycles. The zero-order chi connectivity index (χ0) is 15.0. The van der Waals surface area contributed by atoms with E-state index < -0.39 is 17.4 Å². The molecule has 0 radical (unpaired) electrons. The number of hydrogen-bond donors (Lipinski definition) is 0. The van der Waals surface area contributed by atoms with Crippen molar-refractivity contribution in [1.82, 2.24) is 0 Å². The zero-order valence-electron chi connectivity index (χ0n) is 10.7.